The van der Waals surface area contributed by atoms with Crippen LogP contribution in [0.1, 0.15) is 43.5 Å². The molecule has 0 saturated heterocycles. The highest BCUT2D eigenvalue weighted by molar-refractivity contribution is 6.31. The number of nitrogens with zero attached hydrogens (tertiary/aromatic N) is 4. The minimum atomic E-state index is -0.408. The molecule has 10 heteroatoms. The number of carbonyl (C=O) groups excluding carboxylic acids is 1. The number of amides is 1. The maximum Gasteiger partial charge on any atom is 0.254 e. The Hall–Kier alpha value is -4.63. The van der Waals surface area contributed by atoms with Crippen LogP contribution >= 0.6 is 11.6 Å². The SMILES string of the molecule is CN/C1=C(\C=N)NC(=O)C(C)CCCC(n2cnc(-c3cc(Cl)ccc3-c3ccccn3)cc2=O)c2cc1ccn2. The lowest BCUT2D eigenvalue weighted by Gasteiger charge is -2.23. The number of benzene rings is 1. The lowest BCUT2D eigenvalue weighted by Crippen LogP contribution is -2.32. The summed E-state index contributed by atoms with van der Waals surface area (Å²) >= 11 is 6.35. The average molecular weight is 568 g/mol. The molecule has 208 valence electrons. The molecular weight excluding hydrogens is 538 g/mol. The van der Waals surface area contributed by atoms with Crippen LogP contribution in [0.15, 0.2) is 83.8 Å². The molecular formula is C31H30ClN7O2. The van der Waals surface area contributed by atoms with E-state index in [1.54, 1.807) is 48.5 Å². The summed E-state index contributed by atoms with van der Waals surface area (Å²) in [6, 6.07) is 15.9. The summed E-state index contributed by atoms with van der Waals surface area (Å²) in [7, 11) is 1.74. The molecule has 0 spiro atoms. The van der Waals surface area contributed by atoms with Crippen molar-refractivity contribution >= 4 is 29.4 Å². The number of rotatable bonds is 5. The maximum absolute atomic E-state index is 13.7. The third-order valence-corrected chi connectivity index (χ3v) is 7.50. The van der Waals surface area contributed by atoms with E-state index < -0.39 is 6.04 Å². The first-order valence-corrected chi connectivity index (χ1v) is 13.8. The van der Waals surface area contributed by atoms with Crippen molar-refractivity contribution in [3.8, 4) is 22.5 Å². The highest BCUT2D eigenvalue weighted by atomic mass is 35.5. The zero-order chi connectivity index (χ0) is 28.9. The molecule has 0 radical (unpaired) electrons. The minimum absolute atomic E-state index is 0.156. The zero-order valence-electron chi connectivity index (χ0n) is 22.8. The number of hydrogen-bond acceptors (Lipinski definition) is 7. The molecule has 2 atom stereocenters. The monoisotopic (exact) mass is 567 g/mol. The molecule has 2 unspecified atom stereocenters. The van der Waals surface area contributed by atoms with Crippen molar-refractivity contribution in [3.63, 3.8) is 0 Å². The predicted octanol–water partition coefficient (Wildman–Crippen LogP) is 5.08. The Balaban J connectivity index is 1.60. The van der Waals surface area contributed by atoms with Crippen LogP contribution in [0.5, 0.6) is 0 Å². The van der Waals surface area contributed by atoms with Crippen LogP contribution in [0.2, 0.25) is 5.02 Å². The number of halogens is 1. The molecule has 1 aromatic carbocycles. The average Bonchev–Trinajstić information content (AvgIpc) is 2.99. The van der Waals surface area contributed by atoms with Gasteiger partial charge in [0.05, 0.1) is 40.8 Å². The molecule has 4 aromatic rings. The van der Waals surface area contributed by atoms with E-state index in [0.29, 0.717) is 52.6 Å². The molecule has 1 amide bonds. The largest absolute Gasteiger partial charge is 0.386 e. The highest BCUT2D eigenvalue weighted by Crippen LogP contribution is 2.32. The first-order valence-electron chi connectivity index (χ1n) is 13.4. The lowest BCUT2D eigenvalue weighted by molar-refractivity contribution is -0.123. The fourth-order valence-corrected chi connectivity index (χ4v) is 5.26. The van der Waals surface area contributed by atoms with Gasteiger partial charge in [0.15, 0.2) is 0 Å². The van der Waals surface area contributed by atoms with Crippen LogP contribution in [-0.2, 0) is 4.79 Å². The molecule has 3 aromatic heterocycles. The van der Waals surface area contributed by atoms with Gasteiger partial charge < -0.3 is 16.0 Å². The lowest BCUT2D eigenvalue weighted by atomic mass is 9.96. The van der Waals surface area contributed by atoms with E-state index in [-0.39, 0.29) is 17.4 Å². The van der Waals surface area contributed by atoms with E-state index in [1.807, 2.05) is 37.3 Å². The highest BCUT2D eigenvalue weighted by Gasteiger charge is 2.23. The van der Waals surface area contributed by atoms with Crippen molar-refractivity contribution in [1.82, 2.24) is 30.2 Å². The second-order valence-corrected chi connectivity index (χ2v) is 10.4. The first kappa shape index (κ1) is 27.9. The predicted molar refractivity (Wildman–Crippen MR) is 160 cm³/mol. The molecule has 1 aliphatic heterocycles. The maximum atomic E-state index is 13.7. The molecule has 5 rings (SSSR count). The van der Waals surface area contributed by atoms with Gasteiger partial charge in [-0.15, -0.1) is 0 Å². The van der Waals surface area contributed by atoms with Crippen LogP contribution in [0.4, 0.5) is 0 Å². The Morgan fingerprint density at radius 3 is 2.59 bits per heavy atom. The Bertz CT molecular complexity index is 1680. The van der Waals surface area contributed by atoms with E-state index in [9.17, 15) is 9.59 Å². The smallest absolute Gasteiger partial charge is 0.254 e. The number of carbonyl (C=O) groups is 1. The molecule has 0 fully saturated rings. The number of aromatic nitrogens is 4. The normalized spacial score (nSPS) is 19.4. The van der Waals surface area contributed by atoms with Crippen LogP contribution in [0.25, 0.3) is 28.2 Å². The second kappa shape index (κ2) is 12.3. The summed E-state index contributed by atoms with van der Waals surface area (Å²) in [4.78, 5) is 40.3. The van der Waals surface area contributed by atoms with Crippen molar-refractivity contribution in [3.05, 3.63) is 106 Å². The van der Waals surface area contributed by atoms with Gasteiger partial charge in [-0.2, -0.15) is 0 Å². The van der Waals surface area contributed by atoms with Gasteiger partial charge >= 0.3 is 0 Å². The molecule has 0 saturated carbocycles. The minimum Gasteiger partial charge on any atom is -0.386 e. The molecule has 2 bridgehead atoms. The van der Waals surface area contributed by atoms with Gasteiger partial charge in [-0.25, -0.2) is 4.98 Å². The third-order valence-electron chi connectivity index (χ3n) is 7.27. The summed E-state index contributed by atoms with van der Waals surface area (Å²) in [5.41, 5.74) is 4.93. The molecule has 1 aliphatic rings. The van der Waals surface area contributed by atoms with Crippen molar-refractivity contribution in [2.45, 2.75) is 32.2 Å². The van der Waals surface area contributed by atoms with Gasteiger partial charge in [-0.1, -0.05) is 37.1 Å². The molecule has 0 aliphatic carbocycles. The van der Waals surface area contributed by atoms with E-state index in [2.05, 4.69) is 20.6 Å². The Morgan fingerprint density at radius 2 is 1.85 bits per heavy atom. The van der Waals surface area contributed by atoms with Crippen molar-refractivity contribution in [2.24, 2.45) is 5.92 Å². The van der Waals surface area contributed by atoms with Gasteiger partial charge in [-0.05, 0) is 49.2 Å². The zero-order valence-corrected chi connectivity index (χ0v) is 23.5. The summed E-state index contributed by atoms with van der Waals surface area (Å²) in [6.45, 7) is 1.86. The second-order valence-electron chi connectivity index (χ2n) is 9.91. The van der Waals surface area contributed by atoms with Gasteiger partial charge in [0.25, 0.3) is 5.56 Å². The van der Waals surface area contributed by atoms with Crippen LogP contribution in [0.3, 0.4) is 0 Å². The Morgan fingerprint density at radius 1 is 1.00 bits per heavy atom. The number of fused-ring (bicyclic) bond motifs is 2. The van der Waals surface area contributed by atoms with Gasteiger partial charge in [0.1, 0.15) is 0 Å². The summed E-state index contributed by atoms with van der Waals surface area (Å²) in [6.07, 6.45) is 7.94. The van der Waals surface area contributed by atoms with Crippen molar-refractivity contribution in [2.75, 3.05) is 7.05 Å². The third kappa shape index (κ3) is 5.95. The van der Waals surface area contributed by atoms with Crippen LogP contribution in [-0.4, -0.2) is 38.7 Å². The fourth-order valence-electron chi connectivity index (χ4n) is 5.09. The first-order chi connectivity index (χ1) is 19.9. The number of allylic oxidation sites excluding steroid dienone is 1. The van der Waals surface area contributed by atoms with E-state index >= 15 is 0 Å². The molecule has 41 heavy (non-hydrogen) atoms. The summed E-state index contributed by atoms with van der Waals surface area (Å²) in [5.74, 6) is -0.435. The topological polar surface area (TPSA) is 126 Å². The number of hydrogen-bond donors (Lipinski definition) is 3. The molecule has 3 N–H and O–H groups in total. The standard InChI is InChI=1S/C31H30ClN7O2/c1-19-6-5-8-28(26-14-20(11-13-36-26)30(34-2)27(17-33)38-31(19)41)39-18-37-25(16-29(39)40)23-15-21(32)9-10-22(23)24-7-3-4-12-35-24/h3-4,7,9-19,28,33-34H,5-6,8H2,1-2H3,(H,38,41)/b30-27+,33-17?. The molecule has 9 nitrogen and oxygen atoms in total. The number of nitrogens with one attached hydrogen (secondary N) is 3. The van der Waals surface area contributed by atoms with Gasteiger partial charge in [-0.3, -0.25) is 24.1 Å². The summed E-state index contributed by atoms with van der Waals surface area (Å²) < 4.78 is 1.59. The summed E-state index contributed by atoms with van der Waals surface area (Å²) in [5, 5.41) is 14.4. The quantitative estimate of drug-likeness (QED) is 0.289. The van der Waals surface area contributed by atoms with Gasteiger partial charge in [0.2, 0.25) is 5.91 Å². The van der Waals surface area contributed by atoms with E-state index in [1.165, 1.54) is 6.07 Å². The fraction of sp³-hybridized carbons (Fsp3) is 0.226. The van der Waals surface area contributed by atoms with E-state index in [0.717, 1.165) is 23.0 Å². The van der Waals surface area contributed by atoms with Gasteiger partial charge in [0, 0.05) is 59.4 Å². The van der Waals surface area contributed by atoms with Crippen LogP contribution in [0, 0.1) is 11.3 Å². The van der Waals surface area contributed by atoms with Crippen LogP contribution < -0.4 is 16.2 Å². The van der Waals surface area contributed by atoms with E-state index in [4.69, 9.17) is 22.0 Å². The Labute approximate surface area is 242 Å². The number of pyridine rings is 2. The Kier molecular flexibility index (Phi) is 8.35. The molecule has 4 heterocycles. The van der Waals surface area contributed by atoms with Crippen molar-refractivity contribution in [1.29, 1.82) is 5.41 Å². The van der Waals surface area contributed by atoms with Crippen molar-refractivity contribution < 1.29 is 4.79 Å².